The summed E-state index contributed by atoms with van der Waals surface area (Å²) in [7, 11) is 0. The van der Waals surface area contributed by atoms with E-state index in [0.717, 1.165) is 32.1 Å². The largest absolute Gasteiger partial charge is 0.396 e. The van der Waals surface area contributed by atoms with E-state index in [0.29, 0.717) is 69.2 Å². The molecule has 2 aromatic heterocycles. The number of carbonyl (C=O) groups is 1. The number of benzene rings is 1. The first-order valence-electron chi connectivity index (χ1n) is 12.0. The van der Waals surface area contributed by atoms with Crippen molar-refractivity contribution in [2.75, 3.05) is 23.8 Å². The van der Waals surface area contributed by atoms with Gasteiger partial charge in [0.15, 0.2) is 5.65 Å². The van der Waals surface area contributed by atoms with Crippen LogP contribution in [-0.2, 0) is 11.3 Å². The van der Waals surface area contributed by atoms with Crippen LogP contribution in [0, 0.1) is 11.3 Å². The van der Waals surface area contributed by atoms with E-state index in [4.69, 9.17) is 55.6 Å². The minimum Gasteiger partial charge on any atom is -0.396 e. The van der Waals surface area contributed by atoms with Crippen LogP contribution in [0.1, 0.15) is 45.4 Å². The zero-order valence-corrected chi connectivity index (χ0v) is 22.3. The Morgan fingerprint density at radius 3 is 2.53 bits per heavy atom. The number of carbonyl (C=O) groups excluding carboxylic acids is 1. The van der Waals surface area contributed by atoms with E-state index in [9.17, 15) is 4.79 Å². The molecule has 36 heavy (non-hydrogen) atoms. The molecule has 194 valence electrons. The average Bonchev–Trinajstić information content (AvgIpc) is 3.17. The van der Waals surface area contributed by atoms with Gasteiger partial charge >= 0.3 is 0 Å². The summed E-state index contributed by atoms with van der Waals surface area (Å²) in [6.45, 7) is 3.38. The highest BCUT2D eigenvalue weighted by Crippen LogP contribution is 2.40. The standard InChI is InChI=1S/C24H30Cl3N7O2/c1-24(21(28)36)6-4-14(5-7-24)13-34-20-18(12-30-22(33-20)29-8-2-3-9-35)31-23(34)32-19-16(26)10-15(25)11-17(19)27/h10-12,14,35H,2-9,13H2,1H3,(H2,28,36)(H,31,32)(H,29,30,33). The van der Waals surface area contributed by atoms with E-state index in [-0.39, 0.29) is 12.5 Å². The van der Waals surface area contributed by atoms with E-state index in [1.807, 2.05) is 11.5 Å². The number of fused-ring (bicyclic) bond motifs is 1. The number of hydrogen-bond acceptors (Lipinski definition) is 7. The summed E-state index contributed by atoms with van der Waals surface area (Å²) in [5.41, 5.74) is 6.97. The van der Waals surface area contributed by atoms with Gasteiger partial charge in [-0.15, -0.1) is 0 Å². The normalized spacial score (nSPS) is 20.0. The number of imidazole rings is 1. The number of aromatic nitrogens is 4. The van der Waals surface area contributed by atoms with Gasteiger partial charge in [-0.1, -0.05) is 41.7 Å². The van der Waals surface area contributed by atoms with Crippen molar-refractivity contribution in [3.63, 3.8) is 0 Å². The molecule has 1 saturated carbocycles. The maximum absolute atomic E-state index is 11.9. The number of nitrogens with zero attached hydrogens (tertiary/aromatic N) is 4. The van der Waals surface area contributed by atoms with Crippen LogP contribution >= 0.6 is 34.8 Å². The van der Waals surface area contributed by atoms with E-state index in [2.05, 4.69) is 15.6 Å². The maximum Gasteiger partial charge on any atom is 0.224 e. The summed E-state index contributed by atoms with van der Waals surface area (Å²) < 4.78 is 2.01. The molecule has 5 N–H and O–H groups in total. The number of nitrogens with two attached hydrogens (primary N) is 1. The fourth-order valence-corrected chi connectivity index (χ4v) is 5.40. The fraction of sp³-hybridized carbons (Fsp3) is 0.500. The molecule has 1 aliphatic rings. The molecule has 12 heteroatoms. The SMILES string of the molecule is CC1(C(N)=O)CCC(Cn2c(Nc3c(Cl)cc(Cl)cc3Cl)nc3cnc(NCCCCO)nc32)CC1. The van der Waals surface area contributed by atoms with Crippen molar-refractivity contribution in [2.45, 2.75) is 52.0 Å². The Morgan fingerprint density at radius 2 is 1.89 bits per heavy atom. The zero-order valence-electron chi connectivity index (χ0n) is 20.0. The molecule has 0 aliphatic heterocycles. The first kappa shape index (κ1) is 26.7. The number of rotatable bonds is 10. The molecule has 0 spiro atoms. The third kappa shape index (κ3) is 5.96. The van der Waals surface area contributed by atoms with Crippen molar-refractivity contribution in [1.82, 2.24) is 19.5 Å². The predicted molar refractivity (Wildman–Crippen MR) is 144 cm³/mol. The number of unbranched alkanes of at least 4 members (excludes halogenated alkanes) is 1. The third-order valence-electron chi connectivity index (χ3n) is 6.84. The van der Waals surface area contributed by atoms with Gasteiger partial charge < -0.3 is 21.5 Å². The lowest BCUT2D eigenvalue weighted by molar-refractivity contribution is -0.129. The quantitative estimate of drug-likeness (QED) is 0.247. The van der Waals surface area contributed by atoms with Gasteiger partial charge in [-0.05, 0) is 56.6 Å². The number of halogens is 3. The molecule has 1 aromatic carbocycles. The third-order valence-corrected chi connectivity index (χ3v) is 7.66. The van der Waals surface area contributed by atoms with Crippen LogP contribution < -0.4 is 16.4 Å². The van der Waals surface area contributed by atoms with Crippen molar-refractivity contribution in [3.8, 4) is 0 Å². The van der Waals surface area contributed by atoms with Crippen LogP contribution in [0.5, 0.6) is 0 Å². The van der Waals surface area contributed by atoms with Gasteiger partial charge in [-0.3, -0.25) is 9.36 Å². The Morgan fingerprint density at radius 1 is 1.19 bits per heavy atom. The molecule has 0 saturated heterocycles. The topological polar surface area (TPSA) is 131 Å². The molecule has 0 radical (unpaired) electrons. The highest BCUT2D eigenvalue weighted by atomic mass is 35.5. The van der Waals surface area contributed by atoms with Crippen molar-refractivity contribution >= 4 is 69.5 Å². The van der Waals surface area contributed by atoms with Gasteiger partial charge in [-0.2, -0.15) is 4.98 Å². The number of aliphatic hydroxyl groups is 1. The lowest BCUT2D eigenvalue weighted by Crippen LogP contribution is -2.38. The van der Waals surface area contributed by atoms with Crippen LogP contribution in [0.25, 0.3) is 11.2 Å². The number of anilines is 3. The zero-order chi connectivity index (χ0) is 25.9. The van der Waals surface area contributed by atoms with Crippen LogP contribution in [0.3, 0.4) is 0 Å². The van der Waals surface area contributed by atoms with Gasteiger partial charge in [0.1, 0.15) is 5.52 Å². The number of amides is 1. The first-order chi connectivity index (χ1) is 17.2. The molecule has 4 rings (SSSR count). The molecule has 2 heterocycles. The lowest BCUT2D eigenvalue weighted by atomic mass is 9.71. The molecule has 0 bridgehead atoms. The molecular formula is C24H30Cl3N7O2. The number of primary amides is 1. The monoisotopic (exact) mass is 553 g/mol. The first-order valence-corrected chi connectivity index (χ1v) is 13.1. The summed E-state index contributed by atoms with van der Waals surface area (Å²) in [5.74, 6) is 1.09. The minimum absolute atomic E-state index is 0.148. The maximum atomic E-state index is 11.9. The van der Waals surface area contributed by atoms with Crippen molar-refractivity contribution < 1.29 is 9.90 Å². The van der Waals surface area contributed by atoms with E-state index < -0.39 is 5.41 Å². The van der Waals surface area contributed by atoms with Crippen LogP contribution in [0.2, 0.25) is 15.1 Å². The summed E-state index contributed by atoms with van der Waals surface area (Å²) >= 11 is 18.9. The van der Waals surface area contributed by atoms with Crippen molar-refractivity contribution in [1.29, 1.82) is 0 Å². The molecule has 1 fully saturated rings. The molecule has 1 amide bonds. The van der Waals surface area contributed by atoms with Gasteiger partial charge in [-0.25, -0.2) is 9.97 Å². The molecule has 9 nitrogen and oxygen atoms in total. The van der Waals surface area contributed by atoms with Crippen molar-refractivity contribution in [2.24, 2.45) is 17.1 Å². The minimum atomic E-state index is -0.466. The Kier molecular flexibility index (Phi) is 8.44. The second-order valence-corrected chi connectivity index (χ2v) is 10.8. The Hall–Kier alpha value is -2.33. The Balaban J connectivity index is 1.65. The number of hydrogen-bond donors (Lipinski definition) is 4. The van der Waals surface area contributed by atoms with Gasteiger partial charge in [0.05, 0.1) is 21.9 Å². The van der Waals surface area contributed by atoms with Gasteiger partial charge in [0.25, 0.3) is 0 Å². The fourth-order valence-electron chi connectivity index (χ4n) is 4.48. The van der Waals surface area contributed by atoms with E-state index in [1.54, 1.807) is 18.3 Å². The summed E-state index contributed by atoms with van der Waals surface area (Å²) in [5, 5.41) is 16.7. The molecule has 3 aromatic rings. The predicted octanol–water partition coefficient (Wildman–Crippen LogP) is 5.40. The number of nitrogens with one attached hydrogen (secondary N) is 2. The smallest absolute Gasteiger partial charge is 0.224 e. The molecule has 1 aliphatic carbocycles. The Bertz CT molecular complexity index is 1220. The van der Waals surface area contributed by atoms with Crippen LogP contribution in [0.4, 0.5) is 17.6 Å². The summed E-state index contributed by atoms with van der Waals surface area (Å²) in [4.78, 5) is 25.8. The highest BCUT2D eigenvalue weighted by Gasteiger charge is 2.36. The lowest BCUT2D eigenvalue weighted by Gasteiger charge is -2.35. The average molecular weight is 555 g/mol. The van der Waals surface area contributed by atoms with Crippen LogP contribution in [-0.4, -0.2) is 43.7 Å². The van der Waals surface area contributed by atoms with E-state index in [1.165, 1.54) is 0 Å². The second kappa shape index (κ2) is 11.4. The Labute approximate surface area is 224 Å². The molecular weight excluding hydrogens is 525 g/mol. The number of aliphatic hydroxyl groups excluding tert-OH is 1. The highest BCUT2D eigenvalue weighted by molar-refractivity contribution is 6.41. The second-order valence-electron chi connectivity index (χ2n) is 9.54. The van der Waals surface area contributed by atoms with Gasteiger partial charge in [0.2, 0.25) is 17.8 Å². The summed E-state index contributed by atoms with van der Waals surface area (Å²) in [6, 6.07) is 3.23. The van der Waals surface area contributed by atoms with Crippen LogP contribution in [0.15, 0.2) is 18.3 Å². The van der Waals surface area contributed by atoms with Gasteiger partial charge in [0, 0.05) is 30.1 Å². The summed E-state index contributed by atoms with van der Waals surface area (Å²) in [6.07, 6.45) is 6.38. The van der Waals surface area contributed by atoms with Crippen molar-refractivity contribution in [3.05, 3.63) is 33.4 Å². The molecule has 0 atom stereocenters. The molecule has 0 unspecified atom stereocenters. The van der Waals surface area contributed by atoms with E-state index >= 15 is 0 Å².